The molecule has 4 heteroatoms. The number of aryl methyl sites for hydroxylation is 1. The van der Waals surface area contributed by atoms with Crippen molar-refractivity contribution in [3.05, 3.63) is 33.9 Å². The lowest BCUT2D eigenvalue weighted by Crippen LogP contribution is -2.19. The van der Waals surface area contributed by atoms with Crippen LogP contribution in [0.3, 0.4) is 0 Å². The van der Waals surface area contributed by atoms with E-state index in [2.05, 4.69) is 19.2 Å². The summed E-state index contributed by atoms with van der Waals surface area (Å²) in [5.41, 5.74) is 1.85. The molecule has 0 aliphatic rings. The summed E-state index contributed by atoms with van der Waals surface area (Å²) in [5.74, 6) is 0. The molecular weight excluding hydrogens is 228 g/mol. The first-order valence-electron chi connectivity index (χ1n) is 6.60. The number of nitro groups is 1. The number of nitrogens with one attached hydrogen (secondary N) is 1. The molecule has 0 aliphatic carbocycles. The Morgan fingerprint density at radius 1 is 1.28 bits per heavy atom. The van der Waals surface area contributed by atoms with E-state index in [1.807, 2.05) is 13.0 Å². The van der Waals surface area contributed by atoms with Crippen LogP contribution in [0.2, 0.25) is 0 Å². The van der Waals surface area contributed by atoms with Gasteiger partial charge in [-0.15, -0.1) is 0 Å². The minimum absolute atomic E-state index is 0.165. The maximum Gasteiger partial charge on any atom is 0.292 e. The molecule has 0 heterocycles. The van der Waals surface area contributed by atoms with E-state index in [1.165, 1.54) is 0 Å². The van der Waals surface area contributed by atoms with Crippen molar-refractivity contribution >= 4 is 11.4 Å². The first kappa shape index (κ1) is 14.5. The summed E-state index contributed by atoms with van der Waals surface area (Å²) < 4.78 is 0. The van der Waals surface area contributed by atoms with Gasteiger partial charge in [0.05, 0.1) is 4.92 Å². The Morgan fingerprint density at radius 3 is 2.39 bits per heavy atom. The zero-order chi connectivity index (χ0) is 13.5. The van der Waals surface area contributed by atoms with E-state index in [0.717, 1.165) is 31.2 Å². The van der Waals surface area contributed by atoms with Crippen LogP contribution >= 0.6 is 0 Å². The number of anilines is 1. The smallest absolute Gasteiger partial charge is 0.292 e. The summed E-state index contributed by atoms with van der Waals surface area (Å²) >= 11 is 0. The molecule has 0 bridgehead atoms. The molecule has 0 aliphatic heterocycles. The van der Waals surface area contributed by atoms with Crippen LogP contribution in [0.5, 0.6) is 0 Å². The molecule has 0 spiro atoms. The molecule has 0 atom stereocenters. The molecular formula is C14H22N2O2. The predicted molar refractivity (Wildman–Crippen MR) is 75.1 cm³/mol. The standard InChI is InChI=1S/C14H22N2O2/c1-4-6-12(7-5-2)15-13-10-11(3)8-9-14(13)16(17)18/h8-10,12,15H,4-7H2,1-3H3. The topological polar surface area (TPSA) is 55.2 Å². The number of benzene rings is 1. The first-order valence-corrected chi connectivity index (χ1v) is 6.60. The third-order valence-corrected chi connectivity index (χ3v) is 2.98. The zero-order valence-corrected chi connectivity index (χ0v) is 11.4. The van der Waals surface area contributed by atoms with Gasteiger partial charge in [0.25, 0.3) is 5.69 Å². The number of rotatable bonds is 7. The van der Waals surface area contributed by atoms with Crippen molar-refractivity contribution in [1.29, 1.82) is 0 Å². The molecule has 1 aromatic rings. The number of hydrogen-bond acceptors (Lipinski definition) is 3. The van der Waals surface area contributed by atoms with Crippen molar-refractivity contribution in [2.45, 2.75) is 52.5 Å². The second-order valence-electron chi connectivity index (χ2n) is 4.70. The van der Waals surface area contributed by atoms with Gasteiger partial charge in [0.2, 0.25) is 0 Å². The fraction of sp³-hybridized carbons (Fsp3) is 0.571. The highest BCUT2D eigenvalue weighted by Crippen LogP contribution is 2.27. The summed E-state index contributed by atoms with van der Waals surface area (Å²) in [6, 6.07) is 5.53. The van der Waals surface area contributed by atoms with Crippen molar-refractivity contribution in [2.75, 3.05) is 5.32 Å². The third kappa shape index (κ3) is 4.02. The Morgan fingerprint density at radius 2 is 1.89 bits per heavy atom. The van der Waals surface area contributed by atoms with E-state index in [9.17, 15) is 10.1 Å². The Hall–Kier alpha value is -1.58. The average molecular weight is 250 g/mol. The summed E-state index contributed by atoms with van der Waals surface area (Å²) in [4.78, 5) is 10.7. The highest BCUT2D eigenvalue weighted by molar-refractivity contribution is 5.63. The Balaban J connectivity index is 2.92. The Labute approximate surface area is 109 Å². The first-order chi connectivity index (χ1) is 8.58. The summed E-state index contributed by atoms with van der Waals surface area (Å²) in [7, 11) is 0. The van der Waals surface area contributed by atoms with E-state index in [1.54, 1.807) is 12.1 Å². The second kappa shape index (κ2) is 6.99. The van der Waals surface area contributed by atoms with Gasteiger partial charge in [-0.25, -0.2) is 0 Å². The van der Waals surface area contributed by atoms with Crippen molar-refractivity contribution in [3.8, 4) is 0 Å². The van der Waals surface area contributed by atoms with Crippen LogP contribution in [0.25, 0.3) is 0 Å². The van der Waals surface area contributed by atoms with Crippen LogP contribution < -0.4 is 5.32 Å². The normalized spacial score (nSPS) is 10.7. The van der Waals surface area contributed by atoms with Gasteiger partial charge in [0, 0.05) is 12.1 Å². The molecule has 0 radical (unpaired) electrons. The number of nitro benzene ring substituents is 1. The molecule has 1 N–H and O–H groups in total. The minimum atomic E-state index is -0.323. The quantitative estimate of drug-likeness (QED) is 0.580. The molecule has 0 saturated heterocycles. The van der Waals surface area contributed by atoms with E-state index in [0.29, 0.717) is 11.7 Å². The van der Waals surface area contributed by atoms with Crippen LogP contribution in [0.15, 0.2) is 18.2 Å². The highest BCUT2D eigenvalue weighted by atomic mass is 16.6. The van der Waals surface area contributed by atoms with E-state index >= 15 is 0 Å². The van der Waals surface area contributed by atoms with E-state index < -0.39 is 0 Å². The van der Waals surface area contributed by atoms with Crippen molar-refractivity contribution in [1.82, 2.24) is 0 Å². The van der Waals surface area contributed by atoms with Gasteiger partial charge < -0.3 is 5.32 Å². The van der Waals surface area contributed by atoms with Crippen LogP contribution in [0, 0.1) is 17.0 Å². The number of nitrogens with zero attached hydrogens (tertiary/aromatic N) is 1. The summed E-state index contributed by atoms with van der Waals surface area (Å²) in [5, 5.41) is 14.3. The van der Waals surface area contributed by atoms with E-state index in [4.69, 9.17) is 0 Å². The fourth-order valence-corrected chi connectivity index (χ4v) is 2.13. The van der Waals surface area contributed by atoms with Gasteiger partial charge in [0.1, 0.15) is 5.69 Å². The molecule has 0 amide bonds. The summed E-state index contributed by atoms with van der Waals surface area (Å²) in [6.45, 7) is 6.22. The minimum Gasteiger partial charge on any atom is -0.377 e. The van der Waals surface area contributed by atoms with Gasteiger partial charge >= 0.3 is 0 Å². The molecule has 18 heavy (non-hydrogen) atoms. The largest absolute Gasteiger partial charge is 0.377 e. The van der Waals surface area contributed by atoms with Gasteiger partial charge in [-0.05, 0) is 31.4 Å². The lowest BCUT2D eigenvalue weighted by atomic mass is 10.1. The Kier molecular flexibility index (Phi) is 5.62. The fourth-order valence-electron chi connectivity index (χ4n) is 2.13. The molecule has 0 saturated carbocycles. The zero-order valence-electron chi connectivity index (χ0n) is 11.4. The maximum absolute atomic E-state index is 11.0. The maximum atomic E-state index is 11.0. The molecule has 1 rings (SSSR count). The second-order valence-corrected chi connectivity index (χ2v) is 4.70. The van der Waals surface area contributed by atoms with Crippen molar-refractivity contribution in [3.63, 3.8) is 0 Å². The lowest BCUT2D eigenvalue weighted by Gasteiger charge is -2.18. The number of hydrogen-bond donors (Lipinski definition) is 1. The molecule has 4 nitrogen and oxygen atoms in total. The SMILES string of the molecule is CCCC(CCC)Nc1cc(C)ccc1[N+](=O)[O-]. The summed E-state index contributed by atoms with van der Waals surface area (Å²) in [6.07, 6.45) is 4.24. The molecule has 100 valence electrons. The monoisotopic (exact) mass is 250 g/mol. The molecule has 1 aromatic carbocycles. The van der Waals surface area contributed by atoms with Gasteiger partial charge in [0.15, 0.2) is 0 Å². The third-order valence-electron chi connectivity index (χ3n) is 2.98. The van der Waals surface area contributed by atoms with Gasteiger partial charge in [-0.1, -0.05) is 32.8 Å². The molecule has 0 unspecified atom stereocenters. The average Bonchev–Trinajstić information content (AvgIpc) is 2.29. The van der Waals surface area contributed by atoms with Crippen LogP contribution in [-0.2, 0) is 0 Å². The van der Waals surface area contributed by atoms with Crippen LogP contribution in [-0.4, -0.2) is 11.0 Å². The van der Waals surface area contributed by atoms with Crippen molar-refractivity contribution < 1.29 is 4.92 Å². The lowest BCUT2D eigenvalue weighted by molar-refractivity contribution is -0.384. The van der Waals surface area contributed by atoms with Crippen LogP contribution in [0.1, 0.15) is 45.1 Å². The van der Waals surface area contributed by atoms with E-state index in [-0.39, 0.29) is 10.6 Å². The van der Waals surface area contributed by atoms with Crippen molar-refractivity contribution in [2.24, 2.45) is 0 Å². The molecule has 0 fully saturated rings. The van der Waals surface area contributed by atoms with Crippen LogP contribution in [0.4, 0.5) is 11.4 Å². The van der Waals surface area contributed by atoms with Gasteiger partial charge in [-0.2, -0.15) is 0 Å². The Bertz CT molecular complexity index is 399. The predicted octanol–water partition coefficient (Wildman–Crippen LogP) is 4.28. The highest BCUT2D eigenvalue weighted by Gasteiger charge is 2.16. The molecule has 0 aromatic heterocycles. The van der Waals surface area contributed by atoms with Gasteiger partial charge in [-0.3, -0.25) is 10.1 Å².